The number of hydrogen-bond acceptors (Lipinski definition) is 2. The van der Waals surface area contributed by atoms with Gasteiger partial charge < -0.3 is 9.64 Å². The van der Waals surface area contributed by atoms with Crippen molar-refractivity contribution in [2.75, 3.05) is 4.90 Å². The van der Waals surface area contributed by atoms with Gasteiger partial charge in [0, 0.05) is 38.7 Å². The van der Waals surface area contributed by atoms with Crippen LogP contribution in [0.15, 0.2) is 309 Å². The van der Waals surface area contributed by atoms with Crippen molar-refractivity contribution in [3.05, 3.63) is 376 Å². The molecule has 0 amide bonds. The number of fused-ring (bicyclic) bond motifs is 26. The predicted octanol–water partition coefficient (Wildman–Crippen LogP) is 20.6. The molecule has 5 aliphatic rings. The molecule has 394 valence electrons. The number of ether oxygens (including phenoxy) is 1. The normalized spacial score (nSPS) is 14.7. The molecule has 0 aromatic heterocycles. The monoisotopic (exact) mass is 1080 g/mol. The Morgan fingerprint density at radius 3 is 1.08 bits per heavy atom. The average Bonchev–Trinajstić information content (AvgIpc) is 1.65. The van der Waals surface area contributed by atoms with Gasteiger partial charge in [-0.05, 0) is 124 Å². The maximum atomic E-state index is 7.47. The Morgan fingerprint density at radius 2 is 0.600 bits per heavy atom. The van der Waals surface area contributed by atoms with Crippen LogP contribution in [0.5, 0.6) is 11.5 Å². The highest BCUT2D eigenvalue weighted by Crippen LogP contribution is 2.69. The molecule has 0 saturated heterocycles. The van der Waals surface area contributed by atoms with Gasteiger partial charge in [0.25, 0.3) is 0 Å². The zero-order chi connectivity index (χ0) is 55.6. The Balaban J connectivity index is 0.956. The van der Waals surface area contributed by atoms with E-state index >= 15 is 0 Å². The lowest BCUT2D eigenvalue weighted by Gasteiger charge is -2.40. The molecule has 2 heteroatoms. The molecule has 0 unspecified atom stereocenters. The first-order valence-corrected chi connectivity index (χ1v) is 29.7. The fourth-order valence-corrected chi connectivity index (χ4v) is 16.9. The lowest BCUT2D eigenvalue weighted by molar-refractivity contribution is 0.447. The summed E-state index contributed by atoms with van der Waals surface area (Å²) in [5, 5.41) is 4.50. The predicted molar refractivity (Wildman–Crippen MR) is 347 cm³/mol. The second kappa shape index (κ2) is 17.1. The van der Waals surface area contributed by atoms with E-state index in [1.807, 2.05) is 0 Å². The summed E-state index contributed by atoms with van der Waals surface area (Å²) in [6.07, 6.45) is 0. The van der Waals surface area contributed by atoms with Gasteiger partial charge in [-0.2, -0.15) is 0 Å². The van der Waals surface area contributed by atoms with Crippen LogP contribution in [-0.4, -0.2) is 0 Å². The minimum atomic E-state index is -0.757. The van der Waals surface area contributed by atoms with Gasteiger partial charge in [-0.15, -0.1) is 0 Å². The second-order valence-electron chi connectivity index (χ2n) is 23.6. The summed E-state index contributed by atoms with van der Waals surface area (Å²) in [5.41, 5.74) is 26.4. The first-order chi connectivity index (χ1) is 42.2. The summed E-state index contributed by atoms with van der Waals surface area (Å²) in [6, 6.07) is 117. The van der Waals surface area contributed by atoms with Crippen molar-refractivity contribution in [3.63, 3.8) is 0 Å². The third-order valence-electron chi connectivity index (χ3n) is 20.0. The van der Waals surface area contributed by atoms with E-state index in [1.54, 1.807) is 0 Å². The summed E-state index contributed by atoms with van der Waals surface area (Å²) in [7, 11) is 0. The van der Waals surface area contributed by atoms with E-state index in [2.05, 4.69) is 314 Å². The Morgan fingerprint density at radius 1 is 0.235 bits per heavy atom. The molecule has 4 aliphatic carbocycles. The third-order valence-corrected chi connectivity index (χ3v) is 20.0. The van der Waals surface area contributed by atoms with E-state index in [-0.39, 0.29) is 0 Å². The highest BCUT2D eigenvalue weighted by molar-refractivity contribution is 6.07. The zero-order valence-electron chi connectivity index (χ0n) is 46.3. The van der Waals surface area contributed by atoms with Crippen LogP contribution in [0.3, 0.4) is 0 Å². The van der Waals surface area contributed by atoms with Crippen LogP contribution < -0.4 is 9.64 Å². The lowest BCUT2D eigenvalue weighted by Crippen LogP contribution is -2.32. The van der Waals surface area contributed by atoms with E-state index < -0.39 is 16.2 Å². The van der Waals surface area contributed by atoms with Gasteiger partial charge >= 0.3 is 0 Å². The molecular weight excluding hydrogens is 1030 g/mol. The molecule has 14 aromatic rings. The fourth-order valence-electron chi connectivity index (χ4n) is 16.9. The van der Waals surface area contributed by atoms with Crippen LogP contribution in [0.4, 0.5) is 17.1 Å². The molecular formula is C83H51NO. The summed E-state index contributed by atoms with van der Waals surface area (Å²) < 4.78 is 7.47. The highest BCUT2D eigenvalue weighted by atomic mass is 16.5. The van der Waals surface area contributed by atoms with Gasteiger partial charge in [-0.1, -0.05) is 285 Å². The number of nitrogens with zero attached hydrogens (tertiary/aromatic N) is 1. The number of hydrogen-bond donors (Lipinski definition) is 0. The van der Waals surface area contributed by atoms with Gasteiger partial charge in [-0.25, -0.2) is 0 Å². The van der Waals surface area contributed by atoms with Gasteiger partial charge in [0.05, 0.1) is 27.6 Å². The van der Waals surface area contributed by atoms with E-state index in [0.29, 0.717) is 0 Å². The summed E-state index contributed by atoms with van der Waals surface area (Å²) in [6.45, 7) is 0. The molecule has 85 heavy (non-hydrogen) atoms. The van der Waals surface area contributed by atoms with E-state index in [4.69, 9.17) is 4.74 Å². The highest BCUT2D eigenvalue weighted by Gasteiger charge is 2.55. The van der Waals surface area contributed by atoms with Crippen molar-refractivity contribution in [2.45, 2.75) is 16.2 Å². The van der Waals surface area contributed by atoms with Crippen LogP contribution >= 0.6 is 0 Å². The molecule has 0 bridgehead atoms. The molecule has 19 rings (SSSR count). The maximum absolute atomic E-state index is 7.47. The second-order valence-corrected chi connectivity index (χ2v) is 23.6. The largest absolute Gasteiger partial charge is 0.455 e. The molecule has 0 atom stereocenters. The van der Waals surface area contributed by atoms with Crippen LogP contribution in [-0.2, 0) is 16.2 Å². The fraction of sp³-hybridized carbons (Fsp3) is 0.0361. The van der Waals surface area contributed by atoms with E-state index in [0.717, 1.165) is 61.2 Å². The van der Waals surface area contributed by atoms with Crippen molar-refractivity contribution >= 4 is 38.6 Å². The van der Waals surface area contributed by atoms with Gasteiger partial charge in [-0.3, -0.25) is 0 Å². The van der Waals surface area contributed by atoms with Gasteiger partial charge in [0.15, 0.2) is 0 Å². The van der Waals surface area contributed by atoms with E-state index in [1.165, 1.54) is 100 Å². The first kappa shape index (κ1) is 46.8. The molecule has 1 heterocycles. The van der Waals surface area contributed by atoms with Crippen molar-refractivity contribution in [1.82, 2.24) is 0 Å². The summed E-state index contributed by atoms with van der Waals surface area (Å²) >= 11 is 0. The molecule has 0 fully saturated rings. The molecule has 0 radical (unpaired) electrons. The van der Waals surface area contributed by atoms with Crippen molar-refractivity contribution < 1.29 is 4.74 Å². The number of rotatable bonds is 5. The van der Waals surface area contributed by atoms with Crippen molar-refractivity contribution in [2.24, 2.45) is 0 Å². The molecule has 1 aliphatic heterocycles. The quantitative estimate of drug-likeness (QED) is 0.170. The Labute approximate surface area is 493 Å². The zero-order valence-corrected chi connectivity index (χ0v) is 46.3. The van der Waals surface area contributed by atoms with Crippen LogP contribution in [0, 0.1) is 0 Å². The molecule has 2 spiro atoms. The molecule has 2 nitrogen and oxygen atoms in total. The Kier molecular flexibility index (Phi) is 9.43. The van der Waals surface area contributed by atoms with Crippen LogP contribution in [0.1, 0.15) is 66.8 Å². The Hall–Kier alpha value is -10.8. The number of anilines is 3. The lowest BCUT2D eigenvalue weighted by atomic mass is 9.65. The van der Waals surface area contributed by atoms with Crippen molar-refractivity contribution in [1.29, 1.82) is 0 Å². The standard InChI is InChI=1S/C83H51NO/c1-3-25-54(26-4-1)81(55-27-5-2-6-28-55)65-36-16-11-33-61(65)62-48-47-56(51-74(62)81)84(75-43-21-41-70-77(75)63-34-14-19-39-68(63)82(70)66-37-17-12-31-59(66)60-32-13-18-38-67(60)82)76-44-22-42-71-78(76)64-35-15-20-40-69(64)83(71)72-49-45-52-23-7-9-29-57(52)79(72)85-80-58-30-10-8-24-53(58)46-50-73(80)83/h1-51H. The van der Waals surface area contributed by atoms with E-state index in [9.17, 15) is 0 Å². The minimum Gasteiger partial charge on any atom is -0.455 e. The minimum absolute atomic E-state index is 0.549. The Bertz CT molecular complexity index is 5020. The summed E-state index contributed by atoms with van der Waals surface area (Å²) in [5.74, 6) is 1.81. The molecule has 14 aromatic carbocycles. The number of benzene rings is 14. The smallest absolute Gasteiger partial charge is 0.140 e. The van der Waals surface area contributed by atoms with Gasteiger partial charge in [0.2, 0.25) is 0 Å². The first-order valence-electron chi connectivity index (χ1n) is 29.7. The molecule has 0 saturated carbocycles. The average molecular weight is 1080 g/mol. The maximum Gasteiger partial charge on any atom is 0.140 e. The summed E-state index contributed by atoms with van der Waals surface area (Å²) in [4.78, 5) is 2.65. The van der Waals surface area contributed by atoms with Gasteiger partial charge in [0.1, 0.15) is 11.5 Å². The van der Waals surface area contributed by atoms with Crippen LogP contribution in [0.2, 0.25) is 0 Å². The van der Waals surface area contributed by atoms with Crippen molar-refractivity contribution in [3.8, 4) is 56.0 Å². The SMILES string of the molecule is c1ccc(C2(c3ccccc3)c3ccccc3-c3ccc(N(c4cccc5c4-c4ccccc4C54c5ccccc5-c5ccccc54)c4cccc5c4-c4ccccc4C54c5ccc6ccccc6c5Oc5c4ccc4ccccc54)cc32)cc1. The third kappa shape index (κ3) is 5.79. The molecule has 0 N–H and O–H groups in total. The topological polar surface area (TPSA) is 12.5 Å². The van der Waals surface area contributed by atoms with Crippen LogP contribution in [0.25, 0.3) is 66.1 Å².